The fourth-order valence-electron chi connectivity index (χ4n) is 1.57. The summed E-state index contributed by atoms with van der Waals surface area (Å²) >= 11 is 0. The van der Waals surface area contributed by atoms with Crippen molar-refractivity contribution >= 4 is 0 Å². The Balaban J connectivity index is 2.51. The van der Waals surface area contributed by atoms with E-state index in [0.717, 1.165) is 0 Å². The predicted molar refractivity (Wildman–Crippen MR) is 65.5 cm³/mol. The minimum atomic E-state index is -0.465. The molecule has 4 nitrogen and oxygen atoms in total. The summed E-state index contributed by atoms with van der Waals surface area (Å²) in [5, 5.41) is 11.8. The van der Waals surface area contributed by atoms with Crippen molar-refractivity contribution in [1.82, 2.24) is 5.32 Å². The van der Waals surface area contributed by atoms with Crippen molar-refractivity contribution in [3.63, 3.8) is 0 Å². The molecule has 0 aliphatic rings. The Hall–Kier alpha value is -1.48. The van der Waals surface area contributed by atoms with Gasteiger partial charge in [-0.05, 0) is 6.07 Å². The lowest BCUT2D eigenvalue weighted by Gasteiger charge is -2.15. The molecule has 0 bridgehead atoms. The zero-order valence-electron chi connectivity index (χ0n) is 10.6. The van der Waals surface area contributed by atoms with Crippen molar-refractivity contribution in [2.45, 2.75) is 12.6 Å². The first-order valence-corrected chi connectivity index (χ1v) is 5.62. The topological polar surface area (TPSA) is 54.3 Å². The van der Waals surface area contributed by atoms with Crippen molar-refractivity contribution in [2.75, 3.05) is 27.4 Å². The van der Waals surface area contributed by atoms with E-state index in [2.05, 4.69) is 5.32 Å². The first-order chi connectivity index (χ1) is 8.72. The first-order valence-electron chi connectivity index (χ1n) is 5.62. The summed E-state index contributed by atoms with van der Waals surface area (Å²) in [5.41, 5.74) is 0.538. The molecule has 0 amide bonds. The highest BCUT2D eigenvalue weighted by Crippen LogP contribution is 2.11. The van der Waals surface area contributed by atoms with E-state index in [1.54, 1.807) is 26.4 Å². The maximum absolute atomic E-state index is 13.7. The standard InChI is InChI=1S/C13H17FN2O2/c1-17-9-12(18-2)8-16-7-11-5-3-4-10(6-15)13(11)14/h3-5,12,16H,7-9H2,1-2H3. The highest BCUT2D eigenvalue weighted by Gasteiger charge is 2.09. The van der Waals surface area contributed by atoms with Crippen LogP contribution in [0.4, 0.5) is 4.39 Å². The average molecular weight is 252 g/mol. The lowest BCUT2D eigenvalue weighted by atomic mass is 10.1. The minimum Gasteiger partial charge on any atom is -0.382 e. The third-order valence-corrected chi connectivity index (χ3v) is 2.57. The molecule has 1 rings (SSSR count). The fourth-order valence-corrected chi connectivity index (χ4v) is 1.57. The molecule has 1 atom stereocenters. The van der Waals surface area contributed by atoms with Gasteiger partial charge in [0.1, 0.15) is 11.9 Å². The highest BCUT2D eigenvalue weighted by molar-refractivity contribution is 5.34. The number of nitrogens with zero attached hydrogens (tertiary/aromatic N) is 1. The molecule has 18 heavy (non-hydrogen) atoms. The van der Waals surface area contributed by atoms with Gasteiger partial charge in [0, 0.05) is 32.9 Å². The summed E-state index contributed by atoms with van der Waals surface area (Å²) in [6, 6.07) is 6.60. The molecule has 0 aliphatic carbocycles. The molecule has 1 unspecified atom stereocenters. The second-order valence-corrected chi connectivity index (χ2v) is 3.83. The zero-order valence-corrected chi connectivity index (χ0v) is 10.6. The largest absolute Gasteiger partial charge is 0.382 e. The molecule has 0 spiro atoms. The summed E-state index contributed by atoms with van der Waals surface area (Å²) in [6.07, 6.45) is -0.0720. The molecule has 0 aliphatic heterocycles. The second kappa shape index (κ2) is 7.77. The van der Waals surface area contributed by atoms with Crippen LogP contribution in [0.3, 0.4) is 0 Å². The summed E-state index contributed by atoms with van der Waals surface area (Å²) < 4.78 is 23.9. The fraction of sp³-hybridized carbons (Fsp3) is 0.462. The average Bonchev–Trinajstić information content (AvgIpc) is 2.39. The van der Waals surface area contributed by atoms with Gasteiger partial charge >= 0.3 is 0 Å². The van der Waals surface area contributed by atoms with E-state index < -0.39 is 5.82 Å². The molecule has 0 saturated heterocycles. The lowest BCUT2D eigenvalue weighted by molar-refractivity contribution is 0.0287. The van der Waals surface area contributed by atoms with E-state index in [0.29, 0.717) is 25.3 Å². The van der Waals surface area contributed by atoms with Crippen molar-refractivity contribution in [3.8, 4) is 6.07 Å². The minimum absolute atomic E-state index is 0.0643. The number of ether oxygens (including phenoxy) is 2. The Morgan fingerprint density at radius 2 is 2.22 bits per heavy atom. The summed E-state index contributed by atoms with van der Waals surface area (Å²) in [5.74, 6) is -0.465. The van der Waals surface area contributed by atoms with Gasteiger partial charge in [-0.15, -0.1) is 0 Å². The Morgan fingerprint density at radius 1 is 1.44 bits per heavy atom. The molecule has 0 saturated carbocycles. The van der Waals surface area contributed by atoms with Gasteiger partial charge in [0.05, 0.1) is 18.3 Å². The van der Waals surface area contributed by atoms with Crippen LogP contribution in [0.25, 0.3) is 0 Å². The Bertz CT molecular complexity index is 418. The van der Waals surface area contributed by atoms with Gasteiger partial charge in [0.2, 0.25) is 0 Å². The molecular formula is C13H17FN2O2. The normalized spacial score (nSPS) is 12.1. The monoisotopic (exact) mass is 252 g/mol. The van der Waals surface area contributed by atoms with E-state index >= 15 is 0 Å². The number of benzene rings is 1. The van der Waals surface area contributed by atoms with Gasteiger partial charge in [-0.1, -0.05) is 12.1 Å². The predicted octanol–water partition coefficient (Wildman–Crippen LogP) is 1.45. The summed E-state index contributed by atoms with van der Waals surface area (Å²) in [6.45, 7) is 1.38. The molecular weight excluding hydrogens is 235 g/mol. The van der Waals surface area contributed by atoms with Gasteiger partial charge in [-0.2, -0.15) is 5.26 Å². The molecule has 1 N–H and O–H groups in total. The van der Waals surface area contributed by atoms with E-state index in [9.17, 15) is 4.39 Å². The maximum atomic E-state index is 13.7. The van der Waals surface area contributed by atoms with Gasteiger partial charge < -0.3 is 14.8 Å². The van der Waals surface area contributed by atoms with Crippen molar-refractivity contribution in [2.24, 2.45) is 0 Å². The van der Waals surface area contributed by atoms with Crippen LogP contribution in [0.15, 0.2) is 18.2 Å². The summed E-state index contributed by atoms with van der Waals surface area (Å²) in [4.78, 5) is 0. The Morgan fingerprint density at radius 3 is 2.83 bits per heavy atom. The van der Waals surface area contributed by atoms with Crippen LogP contribution in [-0.2, 0) is 16.0 Å². The van der Waals surface area contributed by atoms with E-state index in [4.69, 9.17) is 14.7 Å². The number of halogens is 1. The Kier molecular flexibility index (Phi) is 6.29. The van der Waals surface area contributed by atoms with E-state index in [1.165, 1.54) is 6.07 Å². The van der Waals surface area contributed by atoms with E-state index in [-0.39, 0.29) is 11.7 Å². The third-order valence-electron chi connectivity index (χ3n) is 2.57. The SMILES string of the molecule is COCC(CNCc1cccc(C#N)c1F)OC. The van der Waals surface area contributed by atoms with Crippen molar-refractivity contribution in [3.05, 3.63) is 35.1 Å². The number of nitrogens with one attached hydrogen (secondary N) is 1. The third kappa shape index (κ3) is 4.08. The maximum Gasteiger partial charge on any atom is 0.145 e. The molecule has 1 aromatic rings. The molecule has 1 aromatic carbocycles. The number of rotatable bonds is 7. The summed E-state index contributed by atoms with van der Waals surface area (Å²) in [7, 11) is 3.20. The number of methoxy groups -OCH3 is 2. The number of nitriles is 1. The second-order valence-electron chi connectivity index (χ2n) is 3.83. The lowest BCUT2D eigenvalue weighted by Crippen LogP contribution is -2.31. The van der Waals surface area contributed by atoms with Crippen LogP contribution in [0.1, 0.15) is 11.1 Å². The molecule has 0 fully saturated rings. The number of hydrogen-bond acceptors (Lipinski definition) is 4. The first kappa shape index (κ1) is 14.6. The molecule has 0 heterocycles. The molecule has 98 valence electrons. The van der Waals surface area contributed by atoms with Crippen LogP contribution in [0.5, 0.6) is 0 Å². The molecule has 0 aromatic heterocycles. The van der Waals surface area contributed by atoms with Crippen LogP contribution in [0.2, 0.25) is 0 Å². The van der Waals surface area contributed by atoms with Gasteiger partial charge in [0.25, 0.3) is 0 Å². The van der Waals surface area contributed by atoms with Crippen molar-refractivity contribution < 1.29 is 13.9 Å². The van der Waals surface area contributed by atoms with Gasteiger partial charge in [0.15, 0.2) is 0 Å². The quantitative estimate of drug-likeness (QED) is 0.798. The highest BCUT2D eigenvalue weighted by atomic mass is 19.1. The van der Waals surface area contributed by atoms with Gasteiger partial charge in [-0.3, -0.25) is 0 Å². The van der Waals surface area contributed by atoms with Crippen LogP contribution in [0, 0.1) is 17.1 Å². The van der Waals surface area contributed by atoms with Crippen molar-refractivity contribution in [1.29, 1.82) is 5.26 Å². The molecule has 0 radical (unpaired) electrons. The zero-order chi connectivity index (χ0) is 13.4. The molecule has 5 heteroatoms. The Labute approximate surface area is 106 Å². The van der Waals surface area contributed by atoms with Crippen LogP contribution in [-0.4, -0.2) is 33.5 Å². The van der Waals surface area contributed by atoms with Crippen LogP contribution < -0.4 is 5.32 Å². The van der Waals surface area contributed by atoms with E-state index in [1.807, 2.05) is 6.07 Å². The smallest absolute Gasteiger partial charge is 0.145 e. The van der Waals surface area contributed by atoms with Crippen LogP contribution >= 0.6 is 0 Å². The number of hydrogen-bond donors (Lipinski definition) is 1. The van der Waals surface area contributed by atoms with Gasteiger partial charge in [-0.25, -0.2) is 4.39 Å².